The molecule has 0 fully saturated rings. The van der Waals surface area contributed by atoms with Crippen LogP contribution in [0.25, 0.3) is 0 Å². The lowest BCUT2D eigenvalue weighted by molar-refractivity contribution is -0.155. The van der Waals surface area contributed by atoms with Gasteiger partial charge in [0, 0.05) is 11.1 Å². The number of aliphatic hydroxyl groups is 1. The van der Waals surface area contributed by atoms with E-state index in [9.17, 15) is 19.5 Å². The van der Waals surface area contributed by atoms with E-state index in [1.165, 1.54) is 13.0 Å². The highest BCUT2D eigenvalue weighted by molar-refractivity contribution is 6.41. The molecule has 1 N–H and O–H groups in total. The largest absolute Gasteiger partial charge is 0.463 e. The van der Waals surface area contributed by atoms with Crippen molar-refractivity contribution < 1.29 is 24.2 Å². The summed E-state index contributed by atoms with van der Waals surface area (Å²) in [6, 6.07) is 4.76. The van der Waals surface area contributed by atoms with Crippen LogP contribution in [-0.2, 0) is 16.0 Å². The number of benzene rings is 1. The van der Waals surface area contributed by atoms with E-state index in [1.807, 2.05) is 6.92 Å². The maximum absolute atomic E-state index is 12.3. The van der Waals surface area contributed by atoms with Crippen molar-refractivity contribution in [1.82, 2.24) is 0 Å². The quantitative estimate of drug-likeness (QED) is 0.647. The third kappa shape index (κ3) is 1.69. The predicted octanol–water partition coefficient (Wildman–Crippen LogP) is 0.922. The number of hydrogen-bond donors (Lipinski definition) is 1. The van der Waals surface area contributed by atoms with Crippen molar-refractivity contribution in [1.29, 1.82) is 0 Å². The number of hydrogen-bond acceptors (Lipinski definition) is 5. The first-order chi connectivity index (χ1) is 8.98. The summed E-state index contributed by atoms with van der Waals surface area (Å²) in [7, 11) is 0. The maximum atomic E-state index is 12.3. The summed E-state index contributed by atoms with van der Waals surface area (Å²) >= 11 is 0. The first-order valence-corrected chi connectivity index (χ1v) is 6.09. The standard InChI is InChI=1S/C14H14O5/c1-3-8-6-5-7-9-10(8)12(16)14(18,11(9)15)13(17)19-4-2/h5-7,18H,3-4H2,1-2H3. The van der Waals surface area contributed by atoms with Crippen LogP contribution in [0.3, 0.4) is 0 Å². The van der Waals surface area contributed by atoms with E-state index in [-0.39, 0.29) is 17.7 Å². The summed E-state index contributed by atoms with van der Waals surface area (Å²) < 4.78 is 4.64. The van der Waals surface area contributed by atoms with Gasteiger partial charge in [-0.2, -0.15) is 0 Å². The molecule has 0 bridgehead atoms. The first-order valence-electron chi connectivity index (χ1n) is 6.09. The summed E-state index contributed by atoms with van der Waals surface area (Å²) in [6.45, 7) is 3.35. The number of Topliss-reactive ketones (excluding diaryl/α,β-unsaturated/α-hetero) is 2. The molecule has 1 aromatic rings. The second kappa shape index (κ2) is 4.59. The molecule has 0 amide bonds. The Hall–Kier alpha value is -2.01. The van der Waals surface area contributed by atoms with E-state index in [2.05, 4.69) is 4.74 Å². The van der Waals surface area contributed by atoms with Gasteiger partial charge < -0.3 is 9.84 Å². The van der Waals surface area contributed by atoms with E-state index >= 15 is 0 Å². The van der Waals surface area contributed by atoms with Gasteiger partial charge in [-0.3, -0.25) is 9.59 Å². The minimum Gasteiger partial charge on any atom is -0.463 e. The van der Waals surface area contributed by atoms with Crippen molar-refractivity contribution >= 4 is 17.5 Å². The van der Waals surface area contributed by atoms with Crippen LogP contribution in [0.15, 0.2) is 18.2 Å². The Morgan fingerprint density at radius 1 is 1.26 bits per heavy atom. The molecule has 1 atom stereocenters. The number of esters is 1. The Kier molecular flexibility index (Phi) is 3.24. The highest BCUT2D eigenvalue weighted by Crippen LogP contribution is 2.33. The molecule has 0 aliphatic heterocycles. The second-order valence-electron chi connectivity index (χ2n) is 4.28. The van der Waals surface area contributed by atoms with Gasteiger partial charge in [0.1, 0.15) is 0 Å². The van der Waals surface area contributed by atoms with Crippen LogP contribution < -0.4 is 0 Å². The average Bonchev–Trinajstić information content (AvgIpc) is 2.62. The fourth-order valence-corrected chi connectivity index (χ4v) is 2.25. The van der Waals surface area contributed by atoms with Crippen molar-refractivity contribution in [3.05, 3.63) is 34.9 Å². The van der Waals surface area contributed by atoms with Gasteiger partial charge in [-0.25, -0.2) is 4.79 Å². The predicted molar refractivity (Wildman–Crippen MR) is 66.1 cm³/mol. The molecule has 5 heteroatoms. The van der Waals surface area contributed by atoms with Crippen LogP contribution in [0.5, 0.6) is 0 Å². The number of fused-ring (bicyclic) bond motifs is 1. The molecule has 1 aromatic carbocycles. The minimum atomic E-state index is -2.72. The average molecular weight is 262 g/mol. The first kappa shape index (κ1) is 13.4. The number of ketones is 2. The molecular formula is C14H14O5. The number of ether oxygens (including phenoxy) is 1. The molecule has 100 valence electrons. The Morgan fingerprint density at radius 3 is 2.53 bits per heavy atom. The van der Waals surface area contributed by atoms with Gasteiger partial charge in [0.15, 0.2) is 0 Å². The molecule has 0 heterocycles. The summed E-state index contributed by atoms with van der Waals surface area (Å²) in [6.07, 6.45) is 0.529. The van der Waals surface area contributed by atoms with Gasteiger partial charge in [-0.15, -0.1) is 0 Å². The number of aryl methyl sites for hydroxylation is 1. The zero-order chi connectivity index (χ0) is 14.2. The molecule has 0 radical (unpaired) electrons. The van der Waals surface area contributed by atoms with Gasteiger partial charge >= 0.3 is 5.97 Å². The van der Waals surface area contributed by atoms with E-state index in [4.69, 9.17) is 0 Å². The normalized spacial score (nSPS) is 21.4. The molecule has 0 aromatic heterocycles. The fourth-order valence-electron chi connectivity index (χ4n) is 2.25. The Bertz CT molecular complexity index is 575. The molecule has 1 unspecified atom stereocenters. The molecule has 0 spiro atoms. The van der Waals surface area contributed by atoms with Crippen LogP contribution in [0.1, 0.15) is 40.1 Å². The van der Waals surface area contributed by atoms with E-state index in [0.29, 0.717) is 12.0 Å². The lowest BCUT2D eigenvalue weighted by Gasteiger charge is -2.16. The van der Waals surface area contributed by atoms with Gasteiger partial charge in [0.25, 0.3) is 5.60 Å². The number of carbonyl (C=O) groups excluding carboxylic acids is 3. The molecule has 0 saturated heterocycles. The SMILES string of the molecule is CCOC(=O)C1(O)C(=O)c2cccc(CC)c2C1=O. The molecule has 0 saturated carbocycles. The maximum Gasteiger partial charge on any atom is 0.354 e. The number of carbonyl (C=O) groups is 3. The van der Waals surface area contributed by atoms with Crippen LogP contribution in [-0.4, -0.2) is 34.9 Å². The third-order valence-corrected chi connectivity index (χ3v) is 3.23. The van der Waals surface area contributed by atoms with E-state index in [1.54, 1.807) is 12.1 Å². The fraction of sp³-hybridized carbons (Fsp3) is 0.357. The minimum absolute atomic E-state index is 0.0152. The molecule has 1 aliphatic carbocycles. The Morgan fingerprint density at radius 2 is 1.95 bits per heavy atom. The molecule has 2 rings (SSSR count). The van der Waals surface area contributed by atoms with E-state index in [0.717, 1.165) is 0 Å². The van der Waals surface area contributed by atoms with Gasteiger partial charge in [-0.1, -0.05) is 25.1 Å². The molecule has 1 aliphatic rings. The van der Waals surface area contributed by atoms with Crippen molar-refractivity contribution in [2.24, 2.45) is 0 Å². The molecular weight excluding hydrogens is 248 g/mol. The van der Waals surface area contributed by atoms with Gasteiger partial charge in [0.05, 0.1) is 6.61 Å². The Labute approximate surface area is 110 Å². The highest BCUT2D eigenvalue weighted by Gasteiger charge is 2.59. The summed E-state index contributed by atoms with van der Waals surface area (Å²) in [5.74, 6) is -2.99. The van der Waals surface area contributed by atoms with Crippen molar-refractivity contribution in [3.8, 4) is 0 Å². The van der Waals surface area contributed by atoms with Crippen LogP contribution in [0, 0.1) is 0 Å². The zero-order valence-electron chi connectivity index (χ0n) is 10.7. The molecule has 5 nitrogen and oxygen atoms in total. The molecule has 19 heavy (non-hydrogen) atoms. The lowest BCUT2D eigenvalue weighted by Crippen LogP contribution is -2.50. The van der Waals surface area contributed by atoms with Gasteiger partial charge in [0.2, 0.25) is 11.6 Å². The zero-order valence-corrected chi connectivity index (χ0v) is 10.7. The second-order valence-corrected chi connectivity index (χ2v) is 4.28. The number of rotatable bonds is 3. The van der Waals surface area contributed by atoms with Crippen molar-refractivity contribution in [3.63, 3.8) is 0 Å². The highest BCUT2D eigenvalue weighted by atomic mass is 16.6. The van der Waals surface area contributed by atoms with Crippen LogP contribution in [0.2, 0.25) is 0 Å². The smallest absolute Gasteiger partial charge is 0.354 e. The van der Waals surface area contributed by atoms with Crippen LogP contribution >= 0.6 is 0 Å². The van der Waals surface area contributed by atoms with Gasteiger partial charge in [-0.05, 0) is 18.9 Å². The Balaban J connectivity index is 2.59. The van der Waals surface area contributed by atoms with Crippen LogP contribution in [0.4, 0.5) is 0 Å². The van der Waals surface area contributed by atoms with Crippen molar-refractivity contribution in [2.75, 3.05) is 6.61 Å². The summed E-state index contributed by atoms with van der Waals surface area (Å²) in [5.41, 5.74) is -1.87. The van der Waals surface area contributed by atoms with E-state index < -0.39 is 23.1 Å². The lowest BCUT2D eigenvalue weighted by atomic mass is 9.97. The third-order valence-electron chi connectivity index (χ3n) is 3.23. The topological polar surface area (TPSA) is 80.7 Å². The summed E-state index contributed by atoms with van der Waals surface area (Å²) in [4.78, 5) is 36.1. The summed E-state index contributed by atoms with van der Waals surface area (Å²) in [5, 5.41) is 10.2. The monoisotopic (exact) mass is 262 g/mol. The van der Waals surface area contributed by atoms with Crippen molar-refractivity contribution in [2.45, 2.75) is 25.9 Å².